The van der Waals surface area contributed by atoms with Crippen molar-refractivity contribution in [2.75, 3.05) is 6.61 Å². The summed E-state index contributed by atoms with van der Waals surface area (Å²) in [6, 6.07) is 3.66. The molecular formula is C10H10ClN3O. The van der Waals surface area contributed by atoms with E-state index in [1.807, 2.05) is 18.3 Å². The number of pyridine rings is 1. The Morgan fingerprint density at radius 2 is 2.47 bits per heavy atom. The molecule has 0 N–H and O–H groups in total. The maximum atomic E-state index is 6.01. The zero-order valence-electron chi connectivity index (χ0n) is 8.06. The molecule has 0 radical (unpaired) electrons. The number of ether oxygens (including phenoxy) is 1. The molecule has 3 rings (SSSR count). The van der Waals surface area contributed by atoms with E-state index in [9.17, 15) is 0 Å². The van der Waals surface area contributed by atoms with Crippen LogP contribution in [0.1, 0.15) is 24.8 Å². The van der Waals surface area contributed by atoms with Gasteiger partial charge in [0.1, 0.15) is 6.10 Å². The molecule has 2 aromatic heterocycles. The van der Waals surface area contributed by atoms with Gasteiger partial charge in [0.25, 0.3) is 0 Å². The van der Waals surface area contributed by atoms with E-state index in [0.29, 0.717) is 10.7 Å². The highest BCUT2D eigenvalue weighted by Crippen LogP contribution is 2.27. The van der Waals surface area contributed by atoms with Gasteiger partial charge in [0.05, 0.1) is 5.02 Å². The van der Waals surface area contributed by atoms with Gasteiger partial charge in [0, 0.05) is 12.8 Å². The Hall–Kier alpha value is -1.13. The van der Waals surface area contributed by atoms with Crippen molar-refractivity contribution in [1.82, 2.24) is 14.6 Å². The minimum atomic E-state index is 0.0426. The molecule has 78 valence electrons. The van der Waals surface area contributed by atoms with E-state index in [0.717, 1.165) is 25.3 Å². The molecule has 15 heavy (non-hydrogen) atoms. The zero-order valence-corrected chi connectivity index (χ0v) is 8.81. The van der Waals surface area contributed by atoms with Crippen LogP contribution in [0.4, 0.5) is 0 Å². The van der Waals surface area contributed by atoms with E-state index in [1.165, 1.54) is 0 Å². The third-order valence-corrected chi connectivity index (χ3v) is 2.84. The first-order valence-electron chi connectivity index (χ1n) is 4.97. The van der Waals surface area contributed by atoms with E-state index >= 15 is 0 Å². The van der Waals surface area contributed by atoms with Crippen LogP contribution < -0.4 is 0 Å². The average molecular weight is 224 g/mol. The van der Waals surface area contributed by atoms with Crippen LogP contribution in [-0.4, -0.2) is 21.2 Å². The van der Waals surface area contributed by atoms with E-state index in [-0.39, 0.29) is 6.10 Å². The van der Waals surface area contributed by atoms with Gasteiger partial charge in [-0.2, -0.15) is 0 Å². The quantitative estimate of drug-likeness (QED) is 0.744. The highest BCUT2D eigenvalue weighted by Gasteiger charge is 2.22. The predicted molar refractivity (Wildman–Crippen MR) is 55.9 cm³/mol. The molecule has 0 saturated carbocycles. The molecule has 1 saturated heterocycles. The van der Waals surface area contributed by atoms with Gasteiger partial charge in [-0.05, 0) is 25.0 Å². The molecule has 0 amide bonds. The van der Waals surface area contributed by atoms with Crippen molar-refractivity contribution in [3.63, 3.8) is 0 Å². The molecular weight excluding hydrogens is 214 g/mol. The summed E-state index contributed by atoms with van der Waals surface area (Å²) >= 11 is 6.01. The smallest absolute Gasteiger partial charge is 0.180 e. The highest BCUT2D eigenvalue weighted by molar-refractivity contribution is 6.33. The summed E-state index contributed by atoms with van der Waals surface area (Å²) < 4.78 is 7.22. The second kappa shape index (κ2) is 3.47. The Bertz CT molecular complexity index is 490. The molecule has 5 heteroatoms. The molecule has 1 aliphatic heterocycles. The molecule has 2 aromatic rings. The lowest BCUT2D eigenvalue weighted by Crippen LogP contribution is -1.98. The van der Waals surface area contributed by atoms with Crippen LogP contribution in [0.25, 0.3) is 5.65 Å². The Morgan fingerprint density at radius 3 is 3.20 bits per heavy atom. The van der Waals surface area contributed by atoms with Crippen LogP contribution in [0.2, 0.25) is 5.02 Å². The molecule has 1 fully saturated rings. The summed E-state index contributed by atoms with van der Waals surface area (Å²) in [5.41, 5.74) is 0.699. The lowest BCUT2D eigenvalue weighted by atomic mass is 10.2. The van der Waals surface area contributed by atoms with Crippen molar-refractivity contribution in [3.05, 3.63) is 29.2 Å². The Balaban J connectivity index is 2.09. The third kappa shape index (κ3) is 1.50. The van der Waals surface area contributed by atoms with Gasteiger partial charge in [-0.25, -0.2) is 9.50 Å². The predicted octanol–water partition coefficient (Wildman–Crippen LogP) is 2.23. The summed E-state index contributed by atoms with van der Waals surface area (Å²) in [6.07, 6.45) is 3.95. The average Bonchev–Trinajstić information content (AvgIpc) is 2.86. The fraction of sp³-hybridized carbons (Fsp3) is 0.400. The second-order valence-corrected chi connectivity index (χ2v) is 4.00. The fourth-order valence-corrected chi connectivity index (χ4v) is 2.01. The molecule has 0 spiro atoms. The van der Waals surface area contributed by atoms with Crippen molar-refractivity contribution in [2.45, 2.75) is 18.9 Å². The van der Waals surface area contributed by atoms with Gasteiger partial charge < -0.3 is 4.74 Å². The van der Waals surface area contributed by atoms with Crippen molar-refractivity contribution < 1.29 is 4.74 Å². The first-order valence-corrected chi connectivity index (χ1v) is 5.35. The van der Waals surface area contributed by atoms with Gasteiger partial charge in [0.15, 0.2) is 11.5 Å². The first-order chi connectivity index (χ1) is 7.34. The monoisotopic (exact) mass is 223 g/mol. The fourth-order valence-electron chi connectivity index (χ4n) is 1.81. The molecule has 4 nitrogen and oxygen atoms in total. The van der Waals surface area contributed by atoms with Crippen LogP contribution in [0.5, 0.6) is 0 Å². The van der Waals surface area contributed by atoms with Gasteiger partial charge in [-0.1, -0.05) is 11.6 Å². The van der Waals surface area contributed by atoms with Crippen LogP contribution in [0, 0.1) is 0 Å². The van der Waals surface area contributed by atoms with Gasteiger partial charge in [-0.3, -0.25) is 0 Å². The zero-order chi connectivity index (χ0) is 10.3. The minimum absolute atomic E-state index is 0.0426. The third-order valence-electron chi connectivity index (χ3n) is 2.55. The van der Waals surface area contributed by atoms with Crippen LogP contribution >= 0.6 is 11.6 Å². The van der Waals surface area contributed by atoms with Crippen molar-refractivity contribution in [3.8, 4) is 0 Å². The Morgan fingerprint density at radius 1 is 1.53 bits per heavy atom. The number of nitrogens with zero attached hydrogens (tertiary/aromatic N) is 3. The summed E-state index contributed by atoms with van der Waals surface area (Å²) in [5.74, 6) is 0.737. The van der Waals surface area contributed by atoms with E-state index in [2.05, 4.69) is 10.1 Å². The van der Waals surface area contributed by atoms with Crippen LogP contribution in [0.3, 0.4) is 0 Å². The van der Waals surface area contributed by atoms with Crippen molar-refractivity contribution in [2.24, 2.45) is 0 Å². The van der Waals surface area contributed by atoms with Gasteiger partial charge in [0.2, 0.25) is 0 Å². The summed E-state index contributed by atoms with van der Waals surface area (Å²) in [4.78, 5) is 4.39. The maximum Gasteiger partial charge on any atom is 0.180 e. The van der Waals surface area contributed by atoms with Crippen LogP contribution in [0.15, 0.2) is 18.3 Å². The van der Waals surface area contributed by atoms with Gasteiger partial charge in [-0.15, -0.1) is 5.10 Å². The number of fused-ring (bicyclic) bond motifs is 1. The number of aromatic nitrogens is 3. The first kappa shape index (κ1) is 9.12. The summed E-state index contributed by atoms with van der Waals surface area (Å²) in [5, 5.41) is 4.97. The maximum absolute atomic E-state index is 6.01. The number of rotatable bonds is 1. The SMILES string of the molecule is Clc1cccn2nc(C3CCCO3)nc12. The standard InChI is InChI=1S/C10H10ClN3O/c11-7-3-1-5-14-10(7)12-9(13-14)8-4-2-6-15-8/h1,3,5,8H,2,4,6H2. The Labute approximate surface area is 91.8 Å². The highest BCUT2D eigenvalue weighted by atomic mass is 35.5. The van der Waals surface area contributed by atoms with Crippen molar-refractivity contribution >= 4 is 17.2 Å². The number of hydrogen-bond acceptors (Lipinski definition) is 3. The summed E-state index contributed by atoms with van der Waals surface area (Å²) in [6.45, 7) is 0.800. The lowest BCUT2D eigenvalue weighted by molar-refractivity contribution is 0.105. The summed E-state index contributed by atoms with van der Waals surface area (Å²) in [7, 11) is 0. The van der Waals surface area contributed by atoms with E-state index in [4.69, 9.17) is 16.3 Å². The molecule has 0 aromatic carbocycles. The molecule has 1 aliphatic rings. The molecule has 0 bridgehead atoms. The van der Waals surface area contributed by atoms with Gasteiger partial charge >= 0.3 is 0 Å². The molecule has 3 heterocycles. The largest absolute Gasteiger partial charge is 0.370 e. The van der Waals surface area contributed by atoms with E-state index in [1.54, 1.807) is 4.52 Å². The lowest BCUT2D eigenvalue weighted by Gasteiger charge is -2.01. The topological polar surface area (TPSA) is 39.4 Å². The molecule has 1 unspecified atom stereocenters. The van der Waals surface area contributed by atoms with Crippen LogP contribution in [-0.2, 0) is 4.74 Å². The van der Waals surface area contributed by atoms with E-state index < -0.39 is 0 Å². The number of hydrogen-bond donors (Lipinski definition) is 0. The molecule has 1 atom stereocenters. The van der Waals surface area contributed by atoms with Crippen molar-refractivity contribution in [1.29, 1.82) is 0 Å². The normalized spacial score (nSPS) is 21.3. The Kier molecular flexibility index (Phi) is 2.11. The molecule has 0 aliphatic carbocycles. The number of halogens is 1. The minimum Gasteiger partial charge on any atom is -0.370 e. The second-order valence-electron chi connectivity index (χ2n) is 3.60.